The van der Waals surface area contributed by atoms with E-state index in [0.717, 1.165) is 18.4 Å². The van der Waals surface area contributed by atoms with E-state index in [4.69, 9.17) is 10.5 Å². The number of amides is 2. The molecule has 3 heterocycles. The molecule has 0 aromatic heterocycles. The van der Waals surface area contributed by atoms with Gasteiger partial charge in [-0.05, 0) is 43.9 Å². The van der Waals surface area contributed by atoms with Gasteiger partial charge in [-0.25, -0.2) is 0 Å². The smallest absolute Gasteiger partial charge is 0.298 e. The zero-order valence-corrected chi connectivity index (χ0v) is 17.5. The second-order valence-electron chi connectivity index (χ2n) is 8.49. The highest BCUT2D eigenvalue weighted by atomic mass is 16.5. The lowest BCUT2D eigenvalue weighted by Gasteiger charge is -2.38. The zero-order chi connectivity index (χ0) is 22.1. The predicted molar refractivity (Wildman–Crippen MR) is 110 cm³/mol. The number of nitriles is 1. The van der Waals surface area contributed by atoms with Crippen molar-refractivity contribution >= 4 is 18.3 Å². The van der Waals surface area contributed by atoms with Crippen LogP contribution in [0.25, 0.3) is 0 Å². The van der Waals surface area contributed by atoms with Gasteiger partial charge >= 0.3 is 0 Å². The van der Waals surface area contributed by atoms with E-state index in [2.05, 4.69) is 6.07 Å². The molecule has 2 amide bonds. The number of nitrogens with two attached hydrogens (primary N) is 1. The Hall–Kier alpha value is -2.96. The normalized spacial score (nSPS) is 27.3. The molecule has 1 aromatic carbocycles. The molecular formula is C22H27N5O4. The maximum Gasteiger partial charge on any atom is 0.298 e. The van der Waals surface area contributed by atoms with Crippen molar-refractivity contribution in [3.05, 3.63) is 29.8 Å². The summed E-state index contributed by atoms with van der Waals surface area (Å²) in [7, 11) is 0. The number of ether oxygens (including phenoxy) is 1. The summed E-state index contributed by atoms with van der Waals surface area (Å²) in [5, 5.41) is 9.22. The molecule has 3 aliphatic rings. The van der Waals surface area contributed by atoms with Crippen molar-refractivity contribution in [1.82, 2.24) is 14.7 Å². The van der Waals surface area contributed by atoms with Crippen LogP contribution in [-0.2, 0) is 14.4 Å². The summed E-state index contributed by atoms with van der Waals surface area (Å²) in [5.74, 6) is 0.302. The van der Waals surface area contributed by atoms with Crippen molar-refractivity contribution in [1.29, 1.82) is 5.26 Å². The highest BCUT2D eigenvalue weighted by Gasteiger charge is 2.51. The Morgan fingerprint density at radius 1 is 1.39 bits per heavy atom. The number of benzene rings is 1. The first-order valence-electron chi connectivity index (χ1n) is 10.7. The lowest BCUT2D eigenvalue weighted by Crippen LogP contribution is -2.56. The molecule has 2 N–H and O–H groups in total. The predicted octanol–water partition coefficient (Wildman–Crippen LogP) is 0.410. The molecule has 2 bridgehead atoms. The largest absolute Gasteiger partial charge is 0.429 e. The monoisotopic (exact) mass is 425 g/mol. The van der Waals surface area contributed by atoms with Crippen molar-refractivity contribution in [3.63, 3.8) is 0 Å². The van der Waals surface area contributed by atoms with Crippen LogP contribution in [0.5, 0.6) is 5.75 Å². The van der Waals surface area contributed by atoms with E-state index in [9.17, 15) is 19.6 Å². The number of carbonyl (C=O) groups excluding carboxylic acids is 3. The fraction of sp³-hybridized carbons (Fsp3) is 0.545. The first-order chi connectivity index (χ1) is 14.9. The highest BCUT2D eigenvalue weighted by molar-refractivity contribution is 5.87. The molecule has 0 aliphatic carbocycles. The fourth-order valence-corrected chi connectivity index (χ4v) is 5.15. The van der Waals surface area contributed by atoms with Crippen LogP contribution in [0, 0.1) is 11.3 Å². The SMILES string of the molecule is C[C@@H](c1ccc(OC=O)cc1)N1C(=O)[C@H]2C[C@@H]1CN2C[C@H](N)C(=O)N1CCC[C@H]1C#N. The summed E-state index contributed by atoms with van der Waals surface area (Å²) in [4.78, 5) is 41.8. The molecule has 3 saturated heterocycles. The molecule has 9 heteroatoms. The Balaban J connectivity index is 1.38. The van der Waals surface area contributed by atoms with E-state index < -0.39 is 12.1 Å². The Kier molecular flexibility index (Phi) is 5.94. The number of hydrogen-bond donors (Lipinski definition) is 1. The van der Waals surface area contributed by atoms with Crippen LogP contribution < -0.4 is 10.5 Å². The molecule has 3 fully saturated rings. The Morgan fingerprint density at radius 3 is 2.77 bits per heavy atom. The molecule has 0 saturated carbocycles. The number of likely N-dealkylation sites (tertiary alicyclic amines) is 3. The van der Waals surface area contributed by atoms with E-state index >= 15 is 0 Å². The number of carbonyl (C=O) groups is 3. The molecule has 0 spiro atoms. The van der Waals surface area contributed by atoms with Gasteiger partial charge in [0, 0.05) is 25.7 Å². The number of hydrogen-bond acceptors (Lipinski definition) is 7. The van der Waals surface area contributed by atoms with Crippen molar-refractivity contribution in [3.8, 4) is 11.8 Å². The summed E-state index contributed by atoms with van der Waals surface area (Å²) in [6.07, 6.45) is 2.23. The molecule has 4 rings (SSSR count). The van der Waals surface area contributed by atoms with E-state index in [1.54, 1.807) is 17.0 Å². The minimum absolute atomic E-state index is 0.0488. The van der Waals surface area contributed by atoms with Gasteiger partial charge in [0.2, 0.25) is 11.8 Å². The van der Waals surface area contributed by atoms with Crippen LogP contribution in [0.4, 0.5) is 0 Å². The van der Waals surface area contributed by atoms with Crippen LogP contribution in [0.2, 0.25) is 0 Å². The zero-order valence-electron chi connectivity index (χ0n) is 17.5. The van der Waals surface area contributed by atoms with E-state index in [-0.39, 0.29) is 29.9 Å². The quantitative estimate of drug-likeness (QED) is 0.628. The fourth-order valence-electron chi connectivity index (χ4n) is 5.15. The second-order valence-corrected chi connectivity index (χ2v) is 8.49. The molecule has 164 valence electrons. The van der Waals surface area contributed by atoms with Gasteiger partial charge in [-0.1, -0.05) is 12.1 Å². The van der Waals surface area contributed by atoms with Crippen molar-refractivity contribution < 1.29 is 19.1 Å². The summed E-state index contributed by atoms with van der Waals surface area (Å²) >= 11 is 0. The number of fused-ring (bicyclic) bond motifs is 2. The van der Waals surface area contributed by atoms with Gasteiger partial charge in [-0.3, -0.25) is 19.3 Å². The average molecular weight is 425 g/mol. The molecule has 1 aromatic rings. The minimum atomic E-state index is -0.739. The first kappa shape index (κ1) is 21.3. The molecular weight excluding hydrogens is 398 g/mol. The van der Waals surface area contributed by atoms with E-state index in [0.29, 0.717) is 38.3 Å². The van der Waals surface area contributed by atoms with Gasteiger partial charge < -0.3 is 20.3 Å². The summed E-state index contributed by atoms with van der Waals surface area (Å²) in [6.45, 7) is 3.94. The van der Waals surface area contributed by atoms with Gasteiger partial charge in [-0.2, -0.15) is 5.26 Å². The average Bonchev–Trinajstić information content (AvgIpc) is 3.48. The third kappa shape index (κ3) is 3.89. The number of rotatable bonds is 7. The van der Waals surface area contributed by atoms with E-state index in [1.807, 2.05) is 28.9 Å². The lowest BCUT2D eigenvalue weighted by molar-refractivity contribution is -0.141. The van der Waals surface area contributed by atoms with Crippen LogP contribution in [-0.4, -0.2) is 76.8 Å². The van der Waals surface area contributed by atoms with Gasteiger partial charge in [-0.15, -0.1) is 0 Å². The molecule has 9 nitrogen and oxygen atoms in total. The van der Waals surface area contributed by atoms with Crippen LogP contribution in [0.1, 0.15) is 37.8 Å². The second kappa shape index (κ2) is 8.65. The Morgan fingerprint density at radius 2 is 2.13 bits per heavy atom. The van der Waals surface area contributed by atoms with Gasteiger partial charge in [0.05, 0.1) is 24.2 Å². The maximum absolute atomic E-state index is 13.1. The molecule has 3 aliphatic heterocycles. The standard InChI is InChI=1S/C22H27N5O4/c1-14(15-4-6-18(7-5-15)31-13-28)27-17-9-20(22(27)30)25(11-17)12-19(24)21(29)26-8-2-3-16(26)10-23/h4-7,13-14,16-17,19-20H,2-3,8-9,11-12,24H2,1H3/t14-,16-,17+,19-,20+/m0/s1. The molecule has 0 radical (unpaired) electrons. The number of piperazine rings is 1. The van der Waals surface area contributed by atoms with Gasteiger partial charge in [0.1, 0.15) is 11.8 Å². The summed E-state index contributed by atoms with van der Waals surface area (Å²) < 4.78 is 4.83. The van der Waals surface area contributed by atoms with Crippen LogP contribution >= 0.6 is 0 Å². The maximum atomic E-state index is 13.1. The third-order valence-electron chi connectivity index (χ3n) is 6.71. The van der Waals surface area contributed by atoms with Crippen LogP contribution in [0.3, 0.4) is 0 Å². The van der Waals surface area contributed by atoms with Gasteiger partial charge in [0.15, 0.2) is 0 Å². The lowest BCUT2D eigenvalue weighted by atomic mass is 10.1. The summed E-state index contributed by atoms with van der Waals surface area (Å²) in [6, 6.07) is 7.87. The highest BCUT2D eigenvalue weighted by Crippen LogP contribution is 2.38. The molecule has 0 unspecified atom stereocenters. The van der Waals surface area contributed by atoms with Crippen LogP contribution in [0.15, 0.2) is 24.3 Å². The van der Waals surface area contributed by atoms with E-state index in [1.165, 1.54) is 0 Å². The van der Waals surface area contributed by atoms with Crippen molar-refractivity contribution in [2.75, 3.05) is 19.6 Å². The van der Waals surface area contributed by atoms with Crippen molar-refractivity contribution in [2.45, 2.75) is 56.4 Å². The summed E-state index contributed by atoms with van der Waals surface area (Å²) in [5.41, 5.74) is 7.16. The van der Waals surface area contributed by atoms with Crippen molar-refractivity contribution in [2.24, 2.45) is 5.73 Å². The molecule has 31 heavy (non-hydrogen) atoms. The Labute approximate surface area is 181 Å². The van der Waals surface area contributed by atoms with Gasteiger partial charge in [0.25, 0.3) is 6.47 Å². The Bertz CT molecular complexity index is 898. The third-order valence-corrected chi connectivity index (χ3v) is 6.71. The molecule has 5 atom stereocenters. The topological polar surface area (TPSA) is 120 Å². The number of nitrogens with zero attached hydrogens (tertiary/aromatic N) is 4. The minimum Gasteiger partial charge on any atom is -0.429 e. The first-order valence-corrected chi connectivity index (χ1v) is 10.7.